The first kappa shape index (κ1) is 24.1. The third-order valence-corrected chi connectivity index (χ3v) is 7.59. The van der Waals surface area contributed by atoms with E-state index in [1.54, 1.807) is 19.4 Å². The van der Waals surface area contributed by atoms with Gasteiger partial charge < -0.3 is 15.3 Å². The molecular formula is C28H40O3. The number of fused-ring (bicyclic) bond motifs is 1. The number of hydrogen-bond donors (Lipinski definition) is 3. The summed E-state index contributed by atoms with van der Waals surface area (Å²) in [6, 6.07) is 8.14. The Morgan fingerprint density at radius 1 is 1.29 bits per heavy atom. The molecule has 170 valence electrons. The first-order valence-electron chi connectivity index (χ1n) is 12.0. The van der Waals surface area contributed by atoms with Gasteiger partial charge in [-0.25, -0.2) is 0 Å². The summed E-state index contributed by atoms with van der Waals surface area (Å²) in [4.78, 5) is 0. The van der Waals surface area contributed by atoms with E-state index in [9.17, 15) is 10.2 Å². The zero-order chi connectivity index (χ0) is 22.6. The second kappa shape index (κ2) is 9.90. The molecule has 2 fully saturated rings. The van der Waals surface area contributed by atoms with Crippen LogP contribution in [0.1, 0.15) is 89.9 Å². The molecule has 0 bridgehead atoms. The van der Waals surface area contributed by atoms with Crippen molar-refractivity contribution in [1.82, 2.24) is 0 Å². The molecule has 31 heavy (non-hydrogen) atoms. The molecule has 1 aromatic carbocycles. The van der Waals surface area contributed by atoms with Gasteiger partial charge in [-0.05, 0) is 86.3 Å². The molecule has 3 N–H and O–H groups in total. The predicted molar refractivity (Wildman–Crippen MR) is 127 cm³/mol. The highest BCUT2D eigenvalue weighted by Crippen LogP contribution is 2.60. The van der Waals surface area contributed by atoms with Crippen molar-refractivity contribution in [2.24, 2.45) is 23.2 Å². The third kappa shape index (κ3) is 5.80. The summed E-state index contributed by atoms with van der Waals surface area (Å²) in [5.74, 6) is 8.02. The lowest BCUT2D eigenvalue weighted by atomic mass is 9.61. The van der Waals surface area contributed by atoms with Gasteiger partial charge in [0.15, 0.2) is 0 Å². The minimum Gasteiger partial charge on any atom is -0.396 e. The van der Waals surface area contributed by atoms with Gasteiger partial charge in [0.25, 0.3) is 0 Å². The van der Waals surface area contributed by atoms with Crippen LogP contribution < -0.4 is 0 Å². The maximum Gasteiger partial charge on any atom is 0.119 e. The van der Waals surface area contributed by atoms with Crippen molar-refractivity contribution in [3.63, 3.8) is 0 Å². The molecule has 2 aliphatic carbocycles. The van der Waals surface area contributed by atoms with E-state index in [-0.39, 0.29) is 6.61 Å². The number of aliphatic hydroxyl groups is 3. The molecular weight excluding hydrogens is 384 g/mol. The monoisotopic (exact) mass is 424 g/mol. The van der Waals surface area contributed by atoms with Gasteiger partial charge in [0.05, 0.1) is 6.10 Å². The Hall–Kier alpha value is -1.60. The summed E-state index contributed by atoms with van der Waals surface area (Å²) in [6.07, 6.45) is 9.12. The van der Waals surface area contributed by atoms with E-state index in [0.29, 0.717) is 29.6 Å². The number of hydrogen-bond acceptors (Lipinski definition) is 3. The van der Waals surface area contributed by atoms with Crippen LogP contribution in [0.15, 0.2) is 29.8 Å². The van der Waals surface area contributed by atoms with Crippen molar-refractivity contribution in [1.29, 1.82) is 0 Å². The summed E-state index contributed by atoms with van der Waals surface area (Å²) in [7, 11) is 0. The van der Waals surface area contributed by atoms with Gasteiger partial charge in [-0.1, -0.05) is 49.6 Å². The van der Waals surface area contributed by atoms with Crippen molar-refractivity contribution in [2.75, 3.05) is 6.61 Å². The van der Waals surface area contributed by atoms with E-state index in [0.717, 1.165) is 24.0 Å². The molecule has 3 heteroatoms. The predicted octanol–water partition coefficient (Wildman–Crippen LogP) is 5.50. The summed E-state index contributed by atoms with van der Waals surface area (Å²) < 4.78 is 0. The number of aliphatic hydroxyl groups excluding tert-OH is 2. The molecule has 0 heterocycles. The number of allylic oxidation sites excluding steroid dienone is 1. The largest absolute Gasteiger partial charge is 0.396 e. The molecule has 3 rings (SSSR count). The Labute approximate surface area is 188 Å². The van der Waals surface area contributed by atoms with Crippen molar-refractivity contribution in [2.45, 2.75) is 84.3 Å². The van der Waals surface area contributed by atoms with Gasteiger partial charge >= 0.3 is 0 Å². The van der Waals surface area contributed by atoms with E-state index in [1.807, 2.05) is 12.1 Å². The Balaban J connectivity index is 1.78. The lowest BCUT2D eigenvalue weighted by Crippen LogP contribution is -2.35. The summed E-state index contributed by atoms with van der Waals surface area (Å²) in [6.45, 7) is 8.30. The molecule has 5 atom stereocenters. The molecule has 0 amide bonds. The second-order valence-electron chi connectivity index (χ2n) is 10.6. The van der Waals surface area contributed by atoms with E-state index >= 15 is 0 Å². The fourth-order valence-electron chi connectivity index (χ4n) is 6.12. The van der Waals surface area contributed by atoms with Crippen LogP contribution in [-0.2, 0) is 0 Å². The Morgan fingerprint density at radius 3 is 2.77 bits per heavy atom. The van der Waals surface area contributed by atoms with Gasteiger partial charge in [-0.15, -0.1) is 5.92 Å². The van der Waals surface area contributed by atoms with Crippen LogP contribution >= 0.6 is 0 Å². The Bertz CT molecular complexity index is 838. The maximum atomic E-state index is 10.3. The fraction of sp³-hybridized carbons (Fsp3) is 0.643. The lowest BCUT2D eigenvalue weighted by molar-refractivity contribution is 0.0997. The summed E-state index contributed by atoms with van der Waals surface area (Å²) >= 11 is 0. The Morgan fingerprint density at radius 2 is 2.06 bits per heavy atom. The zero-order valence-corrected chi connectivity index (χ0v) is 19.7. The SMILES string of the molecule is C[C@H](CC#CC(C)(C)O)[C@H]1CC[C@H]2/C(=C/c3cccc(C(O)CCO)c3)CCC[C@]12C. The van der Waals surface area contributed by atoms with Crippen LogP contribution in [0.25, 0.3) is 6.08 Å². The van der Waals surface area contributed by atoms with Gasteiger partial charge in [-0.3, -0.25) is 0 Å². The first-order valence-corrected chi connectivity index (χ1v) is 12.0. The molecule has 0 saturated heterocycles. The van der Waals surface area contributed by atoms with Crippen LogP contribution in [0.5, 0.6) is 0 Å². The van der Waals surface area contributed by atoms with Crippen molar-refractivity contribution in [3.05, 3.63) is 41.0 Å². The van der Waals surface area contributed by atoms with Crippen LogP contribution in [0, 0.1) is 35.0 Å². The highest BCUT2D eigenvalue weighted by Gasteiger charge is 2.50. The average molecular weight is 425 g/mol. The maximum absolute atomic E-state index is 10.3. The average Bonchev–Trinajstić information content (AvgIpc) is 3.05. The summed E-state index contributed by atoms with van der Waals surface area (Å²) in [5.41, 5.74) is 2.99. The van der Waals surface area contributed by atoms with Gasteiger partial charge in [0.2, 0.25) is 0 Å². The standard InChI is InChI=1S/C28H40O3/c1-20(8-6-15-27(2,3)31)24-12-13-25-22(11-7-16-28(24,25)4)18-21-9-5-10-23(19-21)26(30)14-17-29/h5,9-10,18-20,24-26,29-31H,7-8,11-14,16-17H2,1-4H3/b22-18+/t20-,24-,25+,26?,28-/m1/s1. The Kier molecular flexibility index (Phi) is 7.68. The van der Waals surface area contributed by atoms with Crippen LogP contribution in [0.4, 0.5) is 0 Å². The van der Waals surface area contributed by atoms with Crippen LogP contribution in [0.3, 0.4) is 0 Å². The van der Waals surface area contributed by atoms with Crippen LogP contribution in [-0.4, -0.2) is 27.5 Å². The molecule has 2 aliphatic rings. The zero-order valence-electron chi connectivity index (χ0n) is 19.7. The quantitative estimate of drug-likeness (QED) is 0.528. The minimum atomic E-state index is -0.915. The van der Waals surface area contributed by atoms with Crippen LogP contribution in [0.2, 0.25) is 0 Å². The van der Waals surface area contributed by atoms with E-state index in [2.05, 4.69) is 43.9 Å². The van der Waals surface area contributed by atoms with Crippen molar-refractivity contribution >= 4 is 6.08 Å². The highest BCUT2D eigenvalue weighted by atomic mass is 16.3. The minimum absolute atomic E-state index is 0.00728. The smallest absolute Gasteiger partial charge is 0.119 e. The number of benzene rings is 1. The molecule has 1 unspecified atom stereocenters. The highest BCUT2D eigenvalue weighted by molar-refractivity contribution is 5.55. The normalized spacial score (nSPS) is 29.2. The van der Waals surface area contributed by atoms with E-state index in [1.165, 1.54) is 25.7 Å². The molecule has 0 radical (unpaired) electrons. The molecule has 2 saturated carbocycles. The fourth-order valence-corrected chi connectivity index (χ4v) is 6.12. The molecule has 0 aromatic heterocycles. The topological polar surface area (TPSA) is 60.7 Å². The lowest BCUT2D eigenvalue weighted by Gasteiger charge is -2.44. The first-order chi connectivity index (χ1) is 14.6. The molecule has 0 spiro atoms. The third-order valence-electron chi connectivity index (χ3n) is 7.59. The summed E-state index contributed by atoms with van der Waals surface area (Å²) in [5, 5.41) is 29.3. The van der Waals surface area contributed by atoms with Gasteiger partial charge in [-0.2, -0.15) is 0 Å². The van der Waals surface area contributed by atoms with Crippen molar-refractivity contribution < 1.29 is 15.3 Å². The second-order valence-corrected chi connectivity index (χ2v) is 10.6. The molecule has 3 nitrogen and oxygen atoms in total. The molecule has 1 aromatic rings. The number of rotatable bonds is 6. The van der Waals surface area contributed by atoms with Gasteiger partial charge in [0.1, 0.15) is 5.60 Å². The van der Waals surface area contributed by atoms with E-state index in [4.69, 9.17) is 5.11 Å². The van der Waals surface area contributed by atoms with Gasteiger partial charge in [0, 0.05) is 19.4 Å². The van der Waals surface area contributed by atoms with E-state index < -0.39 is 11.7 Å². The molecule has 0 aliphatic heterocycles. The van der Waals surface area contributed by atoms with Crippen molar-refractivity contribution in [3.8, 4) is 11.8 Å².